The topological polar surface area (TPSA) is 117 Å². The van der Waals surface area contributed by atoms with Crippen molar-refractivity contribution in [1.82, 2.24) is 0 Å². The molecule has 2 heterocycles. The van der Waals surface area contributed by atoms with Gasteiger partial charge in [-0.15, -0.1) is 0 Å². The molecule has 2 aliphatic heterocycles. The summed E-state index contributed by atoms with van der Waals surface area (Å²) < 4.78 is 11.9. The molecule has 3 saturated carbocycles. The third-order valence-corrected chi connectivity index (χ3v) is 12.0. The minimum Gasteiger partial charge on any atom is -0.455 e. The summed E-state index contributed by atoms with van der Waals surface area (Å²) in [6.07, 6.45) is 5.91. The van der Waals surface area contributed by atoms with Crippen LogP contribution in [-0.2, 0) is 19.1 Å². The largest absolute Gasteiger partial charge is 0.455 e. The SMILES string of the molecule is CC1=C(C)C(=O)O[C@@H]([C@](C)(O)[C@]2(O)CC[C@@]3(O)[C@@H]4C[C@H]5O[C@]56CC=CC(=O)[C@]6(C)[C@H]4CC[C@]23C)C1. The van der Waals surface area contributed by atoms with Crippen LogP contribution < -0.4 is 0 Å². The summed E-state index contributed by atoms with van der Waals surface area (Å²) >= 11 is 0. The summed E-state index contributed by atoms with van der Waals surface area (Å²) in [6, 6.07) is 0. The van der Waals surface area contributed by atoms with Crippen molar-refractivity contribution in [2.45, 2.75) is 114 Å². The number of carbonyl (C=O) groups is 2. The molecule has 0 radical (unpaired) electrons. The number of ketones is 1. The van der Waals surface area contributed by atoms with Gasteiger partial charge in [0.05, 0.1) is 17.1 Å². The third kappa shape index (κ3) is 2.42. The van der Waals surface area contributed by atoms with Gasteiger partial charge >= 0.3 is 5.97 Å². The van der Waals surface area contributed by atoms with E-state index >= 15 is 0 Å². The maximum atomic E-state index is 13.3. The predicted octanol–water partition coefficient (Wildman–Crippen LogP) is 2.75. The zero-order valence-electron chi connectivity index (χ0n) is 21.4. The summed E-state index contributed by atoms with van der Waals surface area (Å²) in [7, 11) is 0. The average Bonchev–Trinajstić information content (AvgIpc) is 3.46. The molecule has 1 saturated heterocycles. The van der Waals surface area contributed by atoms with Crippen molar-refractivity contribution >= 4 is 11.8 Å². The lowest BCUT2D eigenvalue weighted by Gasteiger charge is -2.63. The normalized spacial score (nSPS) is 54.3. The summed E-state index contributed by atoms with van der Waals surface area (Å²) in [4.78, 5) is 25.8. The molecule has 35 heavy (non-hydrogen) atoms. The molecule has 6 aliphatic rings. The maximum absolute atomic E-state index is 13.3. The minimum atomic E-state index is -1.77. The second-order valence-corrected chi connectivity index (χ2v) is 12.9. The number of cyclic esters (lactones) is 1. The van der Waals surface area contributed by atoms with Crippen LogP contribution >= 0.6 is 0 Å². The van der Waals surface area contributed by atoms with Crippen molar-refractivity contribution in [3.05, 3.63) is 23.3 Å². The van der Waals surface area contributed by atoms with Crippen molar-refractivity contribution in [1.29, 1.82) is 0 Å². The van der Waals surface area contributed by atoms with Crippen LogP contribution in [0.4, 0.5) is 0 Å². The number of hydrogen-bond acceptors (Lipinski definition) is 7. The van der Waals surface area contributed by atoms with Gasteiger partial charge in [0.2, 0.25) is 0 Å². The Kier molecular flexibility index (Phi) is 4.53. The molecule has 0 amide bonds. The highest BCUT2D eigenvalue weighted by Gasteiger charge is 2.82. The monoisotopic (exact) mass is 486 g/mol. The van der Waals surface area contributed by atoms with Crippen LogP contribution in [0.5, 0.6) is 0 Å². The van der Waals surface area contributed by atoms with Crippen molar-refractivity contribution in [2.24, 2.45) is 22.7 Å². The van der Waals surface area contributed by atoms with Crippen LogP contribution in [-0.4, -0.2) is 61.7 Å². The molecule has 0 bridgehead atoms. The standard InChI is InChI=1S/C28H38O7/c1-15-13-20(34-22(30)16(15)2)25(5,31)28(33)12-11-26(32)18-14-21-27(35-21)9-6-7-19(29)24(27,4)17(18)8-10-23(26,28)3/h6-7,17-18,20-21,31-33H,8-14H2,1-5H3/t17-,18+,20+,21+,23-,24-,25-,26+,27+,28-/m0/s1. The van der Waals surface area contributed by atoms with Crippen molar-refractivity contribution < 1.29 is 34.4 Å². The number of epoxide rings is 1. The van der Waals surface area contributed by atoms with Gasteiger partial charge in [0.1, 0.15) is 22.9 Å². The van der Waals surface area contributed by atoms with E-state index in [0.717, 1.165) is 12.0 Å². The molecule has 3 N–H and O–H groups in total. The summed E-state index contributed by atoms with van der Waals surface area (Å²) in [5.41, 5.74) is -5.56. The zero-order valence-corrected chi connectivity index (χ0v) is 21.4. The first-order chi connectivity index (χ1) is 16.2. The first kappa shape index (κ1) is 23.8. The van der Waals surface area contributed by atoms with Crippen LogP contribution in [0.3, 0.4) is 0 Å². The van der Waals surface area contributed by atoms with Crippen LogP contribution in [0.25, 0.3) is 0 Å². The second-order valence-electron chi connectivity index (χ2n) is 12.9. The Morgan fingerprint density at radius 3 is 2.49 bits per heavy atom. The number of esters is 1. The summed E-state index contributed by atoms with van der Waals surface area (Å²) in [6.45, 7) is 9.00. The van der Waals surface area contributed by atoms with Crippen LogP contribution in [0.2, 0.25) is 0 Å². The van der Waals surface area contributed by atoms with Gasteiger partial charge in [0, 0.05) is 17.4 Å². The number of fused-ring (bicyclic) bond motifs is 4. The summed E-state index contributed by atoms with van der Waals surface area (Å²) in [5.74, 6) is -0.703. The van der Waals surface area contributed by atoms with Gasteiger partial charge in [0.25, 0.3) is 0 Å². The van der Waals surface area contributed by atoms with Crippen molar-refractivity contribution in [3.63, 3.8) is 0 Å². The van der Waals surface area contributed by atoms with E-state index < -0.39 is 45.3 Å². The minimum absolute atomic E-state index is 0.0654. The van der Waals surface area contributed by atoms with E-state index in [1.165, 1.54) is 0 Å². The lowest BCUT2D eigenvalue weighted by molar-refractivity contribution is -0.282. The Hall–Kier alpha value is -1.54. The van der Waals surface area contributed by atoms with Gasteiger partial charge < -0.3 is 24.8 Å². The molecule has 7 nitrogen and oxygen atoms in total. The molecule has 6 rings (SSSR count). The van der Waals surface area contributed by atoms with E-state index in [0.29, 0.717) is 37.7 Å². The molecule has 10 atom stereocenters. The molecule has 4 fully saturated rings. The number of carbonyl (C=O) groups excluding carboxylic acids is 2. The van der Waals surface area contributed by atoms with E-state index in [9.17, 15) is 24.9 Å². The molecule has 0 aromatic rings. The summed E-state index contributed by atoms with van der Waals surface area (Å²) in [5, 5.41) is 36.7. The zero-order chi connectivity index (χ0) is 25.4. The first-order valence-electron chi connectivity index (χ1n) is 13.1. The van der Waals surface area contributed by atoms with E-state index in [-0.39, 0.29) is 30.1 Å². The highest BCUT2D eigenvalue weighted by atomic mass is 16.6. The number of rotatable bonds is 2. The smallest absolute Gasteiger partial charge is 0.334 e. The molecule has 0 aromatic heterocycles. The van der Waals surface area contributed by atoms with Crippen molar-refractivity contribution in [2.75, 3.05) is 0 Å². The molecular weight excluding hydrogens is 448 g/mol. The van der Waals surface area contributed by atoms with Crippen LogP contribution in [0.1, 0.15) is 79.6 Å². The Bertz CT molecular complexity index is 1090. The average molecular weight is 487 g/mol. The maximum Gasteiger partial charge on any atom is 0.334 e. The van der Waals surface area contributed by atoms with E-state index in [1.54, 1.807) is 19.9 Å². The van der Waals surface area contributed by atoms with Gasteiger partial charge in [-0.2, -0.15) is 0 Å². The fourth-order valence-corrected chi connectivity index (χ4v) is 9.34. The van der Waals surface area contributed by atoms with Crippen LogP contribution in [0, 0.1) is 22.7 Å². The van der Waals surface area contributed by atoms with Gasteiger partial charge in [-0.1, -0.05) is 18.6 Å². The second kappa shape index (κ2) is 6.66. The Morgan fingerprint density at radius 2 is 1.80 bits per heavy atom. The fourth-order valence-electron chi connectivity index (χ4n) is 9.34. The fraction of sp³-hybridized carbons (Fsp3) is 0.786. The third-order valence-electron chi connectivity index (χ3n) is 12.0. The molecule has 0 unspecified atom stereocenters. The van der Waals surface area contributed by atoms with Gasteiger partial charge in [0.15, 0.2) is 5.78 Å². The lowest BCUT2D eigenvalue weighted by atomic mass is 9.42. The van der Waals surface area contributed by atoms with E-state index in [2.05, 4.69) is 0 Å². The Morgan fingerprint density at radius 1 is 1.09 bits per heavy atom. The van der Waals surface area contributed by atoms with Gasteiger partial charge in [-0.25, -0.2) is 4.79 Å². The number of aliphatic hydroxyl groups is 3. The van der Waals surface area contributed by atoms with Crippen LogP contribution in [0.15, 0.2) is 23.3 Å². The molecule has 7 heteroatoms. The number of hydrogen-bond donors (Lipinski definition) is 3. The highest BCUT2D eigenvalue weighted by Crippen LogP contribution is 2.75. The number of ether oxygens (including phenoxy) is 2. The van der Waals surface area contributed by atoms with Crippen molar-refractivity contribution in [3.8, 4) is 0 Å². The van der Waals surface area contributed by atoms with Gasteiger partial charge in [-0.3, -0.25) is 4.79 Å². The molecule has 4 aliphatic carbocycles. The number of allylic oxidation sites excluding steroid dienone is 1. The van der Waals surface area contributed by atoms with E-state index in [4.69, 9.17) is 9.47 Å². The van der Waals surface area contributed by atoms with E-state index in [1.807, 2.05) is 26.8 Å². The lowest BCUT2D eigenvalue weighted by Crippen LogP contribution is -2.73. The quantitative estimate of drug-likeness (QED) is 0.406. The molecule has 192 valence electrons. The Balaban J connectivity index is 1.39. The first-order valence-corrected chi connectivity index (χ1v) is 13.1. The Labute approximate surface area is 206 Å². The molecule has 0 aromatic carbocycles. The molecular formula is C28H38O7. The molecule has 1 spiro atoms. The predicted molar refractivity (Wildman–Crippen MR) is 126 cm³/mol. The highest BCUT2D eigenvalue weighted by molar-refractivity contribution is 5.97. The van der Waals surface area contributed by atoms with Gasteiger partial charge in [-0.05, 0) is 84.1 Å².